The summed E-state index contributed by atoms with van der Waals surface area (Å²) >= 11 is 0. The Morgan fingerprint density at radius 1 is 0.775 bits per heavy atom. The Morgan fingerprint density at radius 3 is 1.85 bits per heavy atom. The largest absolute Gasteiger partial charge is 0.493 e. The molecule has 40 heavy (non-hydrogen) atoms. The summed E-state index contributed by atoms with van der Waals surface area (Å²) in [6.45, 7) is 0. The second-order valence-electron chi connectivity index (χ2n) is 8.72. The van der Waals surface area contributed by atoms with Gasteiger partial charge in [0, 0.05) is 0 Å². The monoisotopic (exact) mass is 543 g/mol. The van der Waals surface area contributed by atoms with Gasteiger partial charge in [0.15, 0.2) is 28.8 Å². The minimum atomic E-state index is -1.47. The van der Waals surface area contributed by atoms with Crippen molar-refractivity contribution in [3.63, 3.8) is 0 Å². The average Bonchev–Trinajstić information content (AvgIpc) is 3.39. The fourth-order valence-corrected chi connectivity index (χ4v) is 4.46. The van der Waals surface area contributed by atoms with Gasteiger partial charge in [-0.2, -0.15) is 0 Å². The molecule has 206 valence electrons. The highest BCUT2D eigenvalue weighted by atomic mass is 16.7. The van der Waals surface area contributed by atoms with Crippen molar-refractivity contribution in [2.45, 2.75) is 12.1 Å². The van der Waals surface area contributed by atoms with E-state index in [2.05, 4.69) is 0 Å². The van der Waals surface area contributed by atoms with Crippen LogP contribution in [-0.2, 0) is 9.53 Å². The maximum absolute atomic E-state index is 13.7. The molecule has 1 aliphatic heterocycles. The highest BCUT2D eigenvalue weighted by Crippen LogP contribution is 2.41. The molecule has 0 saturated carbocycles. The number of ether oxygens (including phenoxy) is 5. The normalized spacial score (nSPS) is 16.7. The number of nitro groups is 1. The van der Waals surface area contributed by atoms with E-state index in [1.807, 2.05) is 0 Å². The molecule has 1 heterocycles. The summed E-state index contributed by atoms with van der Waals surface area (Å²) in [6.07, 6.45) is 4.79. The van der Waals surface area contributed by atoms with E-state index in [0.717, 1.165) is 5.56 Å². The maximum Gasteiger partial charge on any atom is 0.365 e. The predicted molar refractivity (Wildman–Crippen MR) is 150 cm³/mol. The maximum atomic E-state index is 13.7. The van der Waals surface area contributed by atoms with Gasteiger partial charge in [-0.25, -0.2) is 0 Å². The smallest absolute Gasteiger partial charge is 0.365 e. The molecule has 0 aromatic heterocycles. The summed E-state index contributed by atoms with van der Waals surface area (Å²) in [5.74, 6) is 0.930. The number of carbonyl (C=O) groups is 1. The van der Waals surface area contributed by atoms with E-state index in [1.165, 1.54) is 27.4 Å². The SMILES string of the molecule is COc1ccc(/C=C/C(=O)C2=C(/C=C/c3ccc(OC)c(OC)c3)O[C@H]([N+](=O)[O-])[C@H]2c2ccccc2)cc1OC. The summed E-state index contributed by atoms with van der Waals surface area (Å²) in [6, 6.07) is 19.4. The molecule has 2 atom stereocenters. The molecule has 3 aromatic rings. The Hall–Kier alpha value is -5.05. The average molecular weight is 544 g/mol. The first-order valence-electron chi connectivity index (χ1n) is 12.3. The van der Waals surface area contributed by atoms with Crippen molar-refractivity contribution in [2.75, 3.05) is 28.4 Å². The van der Waals surface area contributed by atoms with Crippen LogP contribution in [0.2, 0.25) is 0 Å². The predicted octanol–water partition coefficient (Wildman–Crippen LogP) is 5.69. The summed E-state index contributed by atoms with van der Waals surface area (Å²) in [7, 11) is 6.13. The molecule has 0 bridgehead atoms. The van der Waals surface area contributed by atoms with E-state index >= 15 is 0 Å². The fraction of sp³-hybridized carbons (Fsp3) is 0.194. The summed E-state index contributed by atoms with van der Waals surface area (Å²) < 4.78 is 27.1. The molecule has 0 amide bonds. The van der Waals surface area contributed by atoms with Gasteiger partial charge in [-0.05, 0) is 53.1 Å². The van der Waals surface area contributed by atoms with Crippen molar-refractivity contribution in [1.29, 1.82) is 0 Å². The van der Waals surface area contributed by atoms with Gasteiger partial charge in [0.2, 0.25) is 0 Å². The van der Waals surface area contributed by atoms with Crippen LogP contribution in [0.4, 0.5) is 0 Å². The number of nitrogens with zero attached hydrogens (tertiary/aromatic N) is 1. The van der Waals surface area contributed by atoms with Crippen LogP contribution in [0.25, 0.3) is 12.2 Å². The van der Waals surface area contributed by atoms with Gasteiger partial charge in [-0.1, -0.05) is 54.6 Å². The Kier molecular flexibility index (Phi) is 8.86. The second-order valence-corrected chi connectivity index (χ2v) is 8.72. The number of allylic oxidation sites excluding steroid dienone is 2. The number of hydrogen-bond acceptors (Lipinski definition) is 8. The topological polar surface area (TPSA) is 106 Å². The van der Waals surface area contributed by atoms with Gasteiger partial charge in [0.05, 0.1) is 38.9 Å². The molecule has 0 radical (unpaired) electrons. The molecule has 4 rings (SSSR count). The van der Waals surface area contributed by atoms with Gasteiger partial charge in [0.1, 0.15) is 11.7 Å². The second kappa shape index (κ2) is 12.7. The van der Waals surface area contributed by atoms with Crippen LogP contribution in [-0.4, -0.2) is 45.4 Å². The van der Waals surface area contributed by atoms with Gasteiger partial charge in [-0.15, -0.1) is 0 Å². The Labute approximate surface area is 232 Å². The zero-order valence-electron chi connectivity index (χ0n) is 22.5. The minimum Gasteiger partial charge on any atom is -0.493 e. The van der Waals surface area contributed by atoms with E-state index in [9.17, 15) is 14.9 Å². The van der Waals surface area contributed by atoms with E-state index in [0.29, 0.717) is 34.1 Å². The lowest BCUT2D eigenvalue weighted by molar-refractivity contribution is -0.570. The van der Waals surface area contributed by atoms with Crippen LogP contribution in [0.15, 0.2) is 90.2 Å². The summed E-state index contributed by atoms with van der Waals surface area (Å²) in [5.41, 5.74) is 2.19. The molecular weight excluding hydrogens is 514 g/mol. The first-order chi connectivity index (χ1) is 19.4. The van der Waals surface area contributed by atoms with Crippen molar-refractivity contribution in [2.24, 2.45) is 0 Å². The fourth-order valence-electron chi connectivity index (χ4n) is 4.46. The molecule has 9 nitrogen and oxygen atoms in total. The standard InChI is InChI=1S/C31H29NO8/c1-36-24-15-11-20(18-27(24)38-3)10-14-23(33)30-26(17-13-21-12-16-25(37-2)28(19-21)39-4)40-31(32(34)35)29(30)22-8-6-5-7-9-22/h5-19,29,31H,1-4H3/b14-10+,17-13+/t29-,31-/m0/s1. The zero-order valence-corrected chi connectivity index (χ0v) is 22.5. The van der Waals surface area contributed by atoms with Gasteiger partial charge >= 0.3 is 6.23 Å². The molecule has 1 aliphatic rings. The molecule has 0 fully saturated rings. The molecular formula is C31H29NO8. The first-order valence-corrected chi connectivity index (χ1v) is 12.3. The third kappa shape index (κ3) is 5.99. The van der Waals surface area contributed by atoms with Crippen molar-refractivity contribution in [3.8, 4) is 23.0 Å². The Balaban J connectivity index is 1.77. The number of methoxy groups -OCH3 is 4. The van der Waals surface area contributed by atoms with Gasteiger partial charge in [-0.3, -0.25) is 14.9 Å². The van der Waals surface area contributed by atoms with Gasteiger partial charge < -0.3 is 23.7 Å². The number of rotatable bonds is 11. The number of ketones is 1. The van der Waals surface area contributed by atoms with Crippen LogP contribution >= 0.6 is 0 Å². The lowest BCUT2D eigenvalue weighted by Crippen LogP contribution is -2.27. The van der Waals surface area contributed by atoms with Crippen molar-refractivity contribution >= 4 is 17.9 Å². The number of benzene rings is 3. The lowest BCUT2D eigenvalue weighted by atomic mass is 9.87. The molecule has 0 saturated heterocycles. The van der Waals surface area contributed by atoms with E-state index < -0.39 is 22.9 Å². The number of carbonyl (C=O) groups excluding carboxylic acids is 1. The van der Waals surface area contributed by atoms with Crippen LogP contribution in [0, 0.1) is 10.1 Å². The lowest BCUT2D eigenvalue weighted by Gasteiger charge is -2.14. The van der Waals surface area contributed by atoms with Crippen molar-refractivity contribution in [3.05, 3.63) is 117 Å². The highest BCUT2D eigenvalue weighted by Gasteiger charge is 2.47. The van der Waals surface area contributed by atoms with Crippen molar-refractivity contribution in [1.82, 2.24) is 0 Å². The van der Waals surface area contributed by atoms with Crippen LogP contribution in [0.5, 0.6) is 23.0 Å². The summed E-state index contributed by atoms with van der Waals surface area (Å²) in [4.78, 5) is 25.2. The molecule has 9 heteroatoms. The first kappa shape index (κ1) is 28.0. The zero-order chi connectivity index (χ0) is 28.6. The molecule has 0 aliphatic carbocycles. The third-order valence-electron chi connectivity index (χ3n) is 6.41. The Bertz CT molecular complexity index is 1480. The Morgan fingerprint density at radius 2 is 1.32 bits per heavy atom. The van der Waals surface area contributed by atoms with E-state index in [-0.39, 0.29) is 11.3 Å². The summed E-state index contributed by atoms with van der Waals surface area (Å²) in [5, 5.41) is 12.1. The van der Waals surface area contributed by atoms with E-state index in [4.69, 9.17) is 23.7 Å². The molecule has 0 N–H and O–H groups in total. The third-order valence-corrected chi connectivity index (χ3v) is 6.41. The van der Waals surface area contributed by atoms with Crippen LogP contribution in [0.3, 0.4) is 0 Å². The quantitative estimate of drug-likeness (QED) is 0.173. The van der Waals surface area contributed by atoms with Crippen LogP contribution < -0.4 is 18.9 Å². The van der Waals surface area contributed by atoms with Gasteiger partial charge in [0.25, 0.3) is 0 Å². The van der Waals surface area contributed by atoms with Crippen molar-refractivity contribution < 1.29 is 33.4 Å². The molecule has 0 unspecified atom stereocenters. The number of hydrogen-bond donors (Lipinski definition) is 0. The molecule has 0 spiro atoms. The van der Waals surface area contributed by atoms with Crippen LogP contribution in [0.1, 0.15) is 22.6 Å². The van der Waals surface area contributed by atoms with E-state index in [1.54, 1.807) is 92.1 Å². The highest BCUT2D eigenvalue weighted by molar-refractivity contribution is 6.08. The minimum absolute atomic E-state index is 0.118. The molecule has 3 aromatic carbocycles.